The first kappa shape index (κ1) is 29.6. The summed E-state index contributed by atoms with van der Waals surface area (Å²) in [6.45, 7) is 16.7. The standard InChI is InChI=1S/C37H14N12S/c1-18-10-27-28(12-20(18)15-38)44-34(43-27)23(16-39)36-47-33(19-8-9-32-22(11-19)21-6-4-5-7-31(21)50-32)48-37(49-36)24(17-40)35-45-29-13-25(41-2)26(42-3)14-30(29)46-35/h4-14H,1H3/b34-23-. The van der Waals surface area contributed by atoms with Crippen LogP contribution in [0.3, 0.4) is 0 Å². The van der Waals surface area contributed by atoms with E-state index in [1.807, 2.05) is 36.4 Å². The van der Waals surface area contributed by atoms with Gasteiger partial charge in [-0.1, -0.05) is 18.2 Å². The second-order valence-electron chi connectivity index (χ2n) is 11.0. The molecule has 12 nitrogen and oxygen atoms in total. The second-order valence-corrected chi connectivity index (χ2v) is 12.1. The summed E-state index contributed by atoms with van der Waals surface area (Å²) >= 11 is 1.66. The topological polar surface area (TPSA) is 168 Å². The van der Waals surface area contributed by atoms with Crippen LogP contribution in [0.4, 0.5) is 11.4 Å². The number of nitriles is 3. The predicted molar refractivity (Wildman–Crippen MR) is 183 cm³/mol. The van der Waals surface area contributed by atoms with Gasteiger partial charge >= 0.3 is 0 Å². The van der Waals surface area contributed by atoms with Crippen molar-refractivity contribution < 1.29 is 0 Å². The largest absolute Gasteiger partial charge is 0.250 e. The Balaban J connectivity index is 1.38. The van der Waals surface area contributed by atoms with Crippen molar-refractivity contribution >= 4 is 54.0 Å². The molecule has 2 aliphatic heterocycles. The zero-order valence-electron chi connectivity index (χ0n) is 25.6. The lowest BCUT2D eigenvalue weighted by atomic mass is 10.1. The Morgan fingerprint density at radius 2 is 1.22 bits per heavy atom. The molecule has 0 radical (unpaired) electrons. The summed E-state index contributed by atoms with van der Waals surface area (Å²) in [5.74, 6) is 0.0380. The van der Waals surface area contributed by atoms with Crippen molar-refractivity contribution in [3.8, 4) is 29.6 Å². The number of hydrogen-bond acceptors (Lipinski definition) is 11. The highest BCUT2D eigenvalue weighted by Crippen LogP contribution is 2.36. The normalized spacial score (nSPS) is 13.2. The third kappa shape index (κ3) is 4.75. The van der Waals surface area contributed by atoms with Gasteiger partial charge in [0, 0.05) is 25.7 Å². The van der Waals surface area contributed by atoms with Crippen molar-refractivity contribution in [2.75, 3.05) is 0 Å². The molecule has 2 aromatic heterocycles. The van der Waals surface area contributed by atoms with Crippen LogP contribution in [0.25, 0.3) is 52.4 Å². The first-order valence-electron chi connectivity index (χ1n) is 14.7. The Kier molecular flexibility index (Phi) is 6.81. The lowest BCUT2D eigenvalue weighted by molar-refractivity contribution is 0.993. The van der Waals surface area contributed by atoms with Gasteiger partial charge in [0.2, 0.25) is 0 Å². The Bertz CT molecular complexity index is 3060. The highest BCUT2D eigenvalue weighted by molar-refractivity contribution is 7.25. The second kappa shape index (κ2) is 11.5. The van der Waals surface area contributed by atoms with E-state index in [1.165, 1.54) is 12.1 Å². The lowest BCUT2D eigenvalue weighted by Gasteiger charge is -2.08. The van der Waals surface area contributed by atoms with E-state index >= 15 is 0 Å². The summed E-state index contributed by atoms with van der Waals surface area (Å²) in [4.78, 5) is 38.8. The minimum Gasteiger partial charge on any atom is -0.250 e. The Labute approximate surface area is 285 Å². The van der Waals surface area contributed by atoms with Gasteiger partial charge in [0.15, 0.2) is 40.5 Å². The average Bonchev–Trinajstić information content (AvgIpc) is 3.85. The summed E-state index contributed by atoms with van der Waals surface area (Å²) < 4.78 is 2.19. The third-order valence-corrected chi connectivity index (χ3v) is 9.20. The van der Waals surface area contributed by atoms with Crippen LogP contribution in [0.1, 0.15) is 22.8 Å². The molecule has 4 aromatic carbocycles. The van der Waals surface area contributed by atoms with E-state index in [0.717, 1.165) is 20.2 Å². The van der Waals surface area contributed by atoms with Crippen molar-refractivity contribution in [1.82, 2.24) is 15.0 Å². The molecule has 2 aliphatic rings. The van der Waals surface area contributed by atoms with Crippen molar-refractivity contribution in [3.05, 3.63) is 145 Å². The highest BCUT2D eigenvalue weighted by Gasteiger charge is 2.23. The van der Waals surface area contributed by atoms with Crippen LogP contribution >= 0.6 is 11.3 Å². The maximum atomic E-state index is 10.4. The van der Waals surface area contributed by atoms with E-state index in [0.29, 0.717) is 38.1 Å². The van der Waals surface area contributed by atoms with E-state index in [1.54, 1.807) is 30.4 Å². The molecular weight excluding hydrogens is 645 g/mol. The molecule has 8 rings (SSSR count). The first-order chi connectivity index (χ1) is 24.4. The minimum absolute atomic E-state index is 0.0174. The van der Waals surface area contributed by atoms with Crippen LogP contribution in [-0.4, -0.2) is 15.0 Å². The van der Waals surface area contributed by atoms with Gasteiger partial charge in [-0.3, -0.25) is 9.69 Å². The van der Waals surface area contributed by atoms with Gasteiger partial charge in [0.25, 0.3) is 0 Å². The molecule has 13 heteroatoms. The Morgan fingerprint density at radius 3 is 1.80 bits per heavy atom. The minimum atomic E-state index is -0.109. The molecule has 6 aromatic rings. The van der Waals surface area contributed by atoms with E-state index in [9.17, 15) is 15.8 Å². The molecule has 0 unspecified atom stereocenters. The van der Waals surface area contributed by atoms with Crippen LogP contribution in [-0.2, 0) is 0 Å². The smallest absolute Gasteiger partial charge is 0.196 e. The molecule has 228 valence electrons. The molecule has 0 fully saturated rings. The lowest BCUT2D eigenvalue weighted by Crippen LogP contribution is -2.22. The van der Waals surface area contributed by atoms with Gasteiger partial charge in [-0.05, 0) is 61.0 Å². The van der Waals surface area contributed by atoms with E-state index in [-0.39, 0.29) is 51.6 Å². The van der Waals surface area contributed by atoms with Gasteiger partial charge in [0.05, 0.1) is 46.2 Å². The molecule has 50 heavy (non-hydrogen) atoms. The molecule has 4 heterocycles. The number of allylic oxidation sites excluding steroid dienone is 2. The quantitative estimate of drug-likeness (QED) is 0.180. The number of benzene rings is 4. The highest BCUT2D eigenvalue weighted by atomic mass is 32.1. The summed E-state index contributed by atoms with van der Waals surface area (Å²) in [7, 11) is 0. The molecule has 0 atom stereocenters. The molecule has 0 amide bonds. The maximum Gasteiger partial charge on any atom is 0.196 e. The van der Waals surface area contributed by atoms with E-state index in [2.05, 4.69) is 58.9 Å². The zero-order chi connectivity index (χ0) is 34.5. The zero-order valence-corrected chi connectivity index (χ0v) is 26.4. The SMILES string of the molecule is [C-]#[N+]c1cc2c(cc1[N+]#[C-])=NC(=C(C#N)c1nc(/C(C#N)=C3/N=c4cc(C)c(C#N)cc4=N3)nc(-c3ccc4sc5ccccc5c4c3)n1)N=2. The van der Waals surface area contributed by atoms with Crippen LogP contribution in [0.15, 0.2) is 98.3 Å². The Morgan fingerprint density at radius 1 is 0.660 bits per heavy atom. The third-order valence-electron chi connectivity index (χ3n) is 8.05. The average molecular weight is 659 g/mol. The van der Waals surface area contributed by atoms with Crippen LogP contribution < -0.4 is 21.4 Å². The number of aromatic nitrogens is 3. The fraction of sp³-hybridized carbons (Fsp3) is 0.0270. The van der Waals surface area contributed by atoms with Crippen LogP contribution in [0.2, 0.25) is 0 Å². The predicted octanol–water partition coefficient (Wildman–Crippen LogP) is 5.48. The molecule has 0 N–H and O–H groups in total. The number of aryl methyl sites for hydroxylation is 1. The fourth-order valence-electron chi connectivity index (χ4n) is 5.62. The van der Waals surface area contributed by atoms with Crippen molar-refractivity contribution in [2.45, 2.75) is 6.92 Å². The number of fused-ring (bicyclic) bond motifs is 5. The number of nitrogens with zero attached hydrogens (tertiary/aromatic N) is 12. The van der Waals surface area contributed by atoms with E-state index < -0.39 is 0 Å². The molecule has 0 saturated heterocycles. The van der Waals surface area contributed by atoms with Gasteiger partial charge in [-0.2, -0.15) is 15.8 Å². The fourth-order valence-corrected chi connectivity index (χ4v) is 6.70. The van der Waals surface area contributed by atoms with Crippen LogP contribution in [0, 0.1) is 54.1 Å². The molecule has 0 saturated carbocycles. The first-order valence-corrected chi connectivity index (χ1v) is 15.5. The summed E-state index contributed by atoms with van der Waals surface area (Å²) in [5, 5.41) is 34.0. The molecule has 0 aliphatic carbocycles. The molecule has 0 spiro atoms. The number of thiophene rings is 1. The summed E-state index contributed by atoms with van der Waals surface area (Å²) in [6.07, 6.45) is 0. The Hall–Kier alpha value is -7.76. The van der Waals surface area contributed by atoms with Gasteiger partial charge in [-0.15, -0.1) is 11.3 Å². The van der Waals surface area contributed by atoms with Gasteiger partial charge in [0.1, 0.15) is 23.3 Å². The number of rotatable bonds is 3. The van der Waals surface area contributed by atoms with Gasteiger partial charge in [-0.25, -0.2) is 34.9 Å². The molecule has 0 bridgehead atoms. The van der Waals surface area contributed by atoms with Crippen molar-refractivity contribution in [2.24, 2.45) is 20.0 Å². The van der Waals surface area contributed by atoms with E-state index in [4.69, 9.17) is 23.1 Å². The van der Waals surface area contributed by atoms with Crippen LogP contribution in [0.5, 0.6) is 0 Å². The summed E-state index contributed by atoms with van der Waals surface area (Å²) in [5.41, 5.74) is 1.82. The number of hydrogen-bond donors (Lipinski definition) is 0. The summed E-state index contributed by atoms with van der Waals surface area (Å²) in [6, 6.07) is 26.5. The monoisotopic (exact) mass is 658 g/mol. The van der Waals surface area contributed by atoms with Crippen molar-refractivity contribution in [1.29, 1.82) is 15.8 Å². The van der Waals surface area contributed by atoms with Gasteiger partial charge < -0.3 is 0 Å². The van der Waals surface area contributed by atoms with Crippen molar-refractivity contribution in [3.63, 3.8) is 0 Å². The maximum absolute atomic E-state index is 10.4. The molecular formula is C37H14N12S.